The van der Waals surface area contributed by atoms with Crippen LogP contribution in [0.4, 0.5) is 0 Å². The van der Waals surface area contributed by atoms with Gasteiger partial charge < -0.3 is 10.6 Å². The smallest absolute Gasteiger partial charge is 0.237 e. The molecule has 3 heteroatoms. The molecular formula is C14H24N2O. The highest BCUT2D eigenvalue weighted by Gasteiger charge is 2.17. The van der Waals surface area contributed by atoms with E-state index in [4.69, 9.17) is 6.42 Å². The van der Waals surface area contributed by atoms with Gasteiger partial charge in [-0.2, -0.15) is 0 Å². The number of hydrogen-bond acceptors (Lipinski definition) is 2. The fraction of sp³-hybridized carbons (Fsp3) is 0.786. The lowest BCUT2D eigenvalue weighted by molar-refractivity contribution is -0.122. The van der Waals surface area contributed by atoms with E-state index in [9.17, 15) is 4.79 Å². The Morgan fingerprint density at radius 2 is 1.88 bits per heavy atom. The number of hydrogen-bond donors (Lipinski definition) is 2. The van der Waals surface area contributed by atoms with Crippen LogP contribution in [0.2, 0.25) is 0 Å². The molecule has 2 N–H and O–H groups in total. The molecule has 1 saturated carbocycles. The van der Waals surface area contributed by atoms with E-state index in [1.807, 2.05) is 6.92 Å². The van der Waals surface area contributed by atoms with Gasteiger partial charge in [-0.15, -0.1) is 6.42 Å². The normalized spacial score (nSPS) is 19.8. The van der Waals surface area contributed by atoms with Gasteiger partial charge in [-0.1, -0.05) is 38.0 Å². The second-order valence-electron chi connectivity index (χ2n) is 4.85. The van der Waals surface area contributed by atoms with Gasteiger partial charge in [0.2, 0.25) is 5.91 Å². The van der Waals surface area contributed by atoms with Crippen molar-refractivity contribution in [3.05, 3.63) is 0 Å². The fourth-order valence-corrected chi connectivity index (χ4v) is 2.34. The molecule has 96 valence electrons. The van der Waals surface area contributed by atoms with Crippen molar-refractivity contribution in [2.45, 2.75) is 64.0 Å². The Morgan fingerprint density at radius 1 is 1.29 bits per heavy atom. The summed E-state index contributed by atoms with van der Waals surface area (Å²) in [5.41, 5.74) is 0. The molecule has 0 aromatic heterocycles. The van der Waals surface area contributed by atoms with Crippen LogP contribution in [0.3, 0.4) is 0 Å². The van der Waals surface area contributed by atoms with E-state index in [1.165, 1.54) is 44.9 Å². The highest BCUT2D eigenvalue weighted by atomic mass is 16.2. The van der Waals surface area contributed by atoms with Crippen LogP contribution in [0.15, 0.2) is 0 Å². The van der Waals surface area contributed by atoms with Gasteiger partial charge in [-0.3, -0.25) is 4.79 Å². The van der Waals surface area contributed by atoms with Gasteiger partial charge in [0.25, 0.3) is 0 Å². The van der Waals surface area contributed by atoms with Crippen LogP contribution in [-0.4, -0.2) is 24.5 Å². The third-order valence-corrected chi connectivity index (χ3v) is 3.35. The second-order valence-corrected chi connectivity index (χ2v) is 4.85. The Bertz CT molecular complexity index is 262. The van der Waals surface area contributed by atoms with Gasteiger partial charge in [0.15, 0.2) is 0 Å². The van der Waals surface area contributed by atoms with Crippen LogP contribution in [-0.2, 0) is 4.79 Å². The van der Waals surface area contributed by atoms with Gasteiger partial charge in [0.05, 0.1) is 12.6 Å². The highest BCUT2D eigenvalue weighted by Crippen LogP contribution is 2.17. The number of rotatable bonds is 4. The molecule has 1 atom stereocenters. The summed E-state index contributed by atoms with van der Waals surface area (Å²) < 4.78 is 0. The van der Waals surface area contributed by atoms with Crippen LogP contribution in [0.1, 0.15) is 51.9 Å². The van der Waals surface area contributed by atoms with Crippen LogP contribution in [0.25, 0.3) is 0 Å². The molecule has 0 aromatic rings. The Morgan fingerprint density at radius 3 is 2.47 bits per heavy atom. The van der Waals surface area contributed by atoms with Crippen molar-refractivity contribution in [1.82, 2.24) is 10.6 Å². The summed E-state index contributed by atoms with van der Waals surface area (Å²) >= 11 is 0. The monoisotopic (exact) mass is 236 g/mol. The van der Waals surface area contributed by atoms with Crippen molar-refractivity contribution in [1.29, 1.82) is 0 Å². The van der Waals surface area contributed by atoms with Gasteiger partial charge in [-0.05, 0) is 19.8 Å². The van der Waals surface area contributed by atoms with E-state index in [0.717, 1.165) is 0 Å². The molecule has 0 aliphatic heterocycles. The molecule has 1 fully saturated rings. The molecule has 1 aliphatic rings. The first-order chi connectivity index (χ1) is 8.24. The van der Waals surface area contributed by atoms with Crippen molar-refractivity contribution >= 4 is 5.91 Å². The van der Waals surface area contributed by atoms with Gasteiger partial charge in [-0.25, -0.2) is 0 Å². The van der Waals surface area contributed by atoms with E-state index in [1.54, 1.807) is 0 Å². The highest BCUT2D eigenvalue weighted by molar-refractivity contribution is 5.81. The summed E-state index contributed by atoms with van der Waals surface area (Å²) in [6.45, 7) is 2.22. The topological polar surface area (TPSA) is 41.1 Å². The summed E-state index contributed by atoms with van der Waals surface area (Å²) in [6.07, 6.45) is 14.1. The van der Waals surface area contributed by atoms with E-state index < -0.39 is 0 Å². The molecule has 0 aromatic carbocycles. The predicted molar refractivity (Wildman–Crippen MR) is 70.5 cm³/mol. The number of carbonyl (C=O) groups excluding carboxylic acids is 1. The molecule has 0 radical (unpaired) electrons. The lowest BCUT2D eigenvalue weighted by Gasteiger charge is -2.24. The molecule has 0 saturated heterocycles. The van der Waals surface area contributed by atoms with E-state index in [-0.39, 0.29) is 11.9 Å². The minimum Gasteiger partial charge on any atom is -0.344 e. The summed E-state index contributed by atoms with van der Waals surface area (Å²) in [5.74, 6) is 2.42. The van der Waals surface area contributed by atoms with E-state index in [0.29, 0.717) is 12.6 Å². The molecule has 0 bridgehead atoms. The first-order valence-electron chi connectivity index (χ1n) is 6.71. The number of terminal acetylenes is 1. The zero-order valence-electron chi connectivity index (χ0n) is 10.8. The van der Waals surface area contributed by atoms with Crippen molar-refractivity contribution in [3.8, 4) is 12.3 Å². The molecule has 1 unspecified atom stereocenters. The van der Waals surface area contributed by atoms with Crippen molar-refractivity contribution in [2.75, 3.05) is 6.54 Å². The van der Waals surface area contributed by atoms with Crippen molar-refractivity contribution in [3.63, 3.8) is 0 Å². The van der Waals surface area contributed by atoms with Crippen molar-refractivity contribution in [2.24, 2.45) is 0 Å². The number of carbonyl (C=O) groups is 1. The maximum atomic E-state index is 11.7. The van der Waals surface area contributed by atoms with Gasteiger partial charge in [0.1, 0.15) is 0 Å². The molecule has 0 spiro atoms. The SMILES string of the molecule is C#CCNC(=O)C(C)NC1CCCCCCC1. The summed E-state index contributed by atoms with van der Waals surface area (Å²) in [5, 5.41) is 6.13. The van der Waals surface area contributed by atoms with E-state index in [2.05, 4.69) is 16.6 Å². The second kappa shape index (κ2) is 8.14. The Balaban J connectivity index is 2.30. The van der Waals surface area contributed by atoms with Gasteiger partial charge >= 0.3 is 0 Å². The first-order valence-corrected chi connectivity index (χ1v) is 6.71. The van der Waals surface area contributed by atoms with Crippen LogP contribution >= 0.6 is 0 Å². The number of amides is 1. The third-order valence-electron chi connectivity index (χ3n) is 3.35. The van der Waals surface area contributed by atoms with Crippen LogP contribution in [0, 0.1) is 12.3 Å². The zero-order chi connectivity index (χ0) is 12.5. The van der Waals surface area contributed by atoms with E-state index >= 15 is 0 Å². The van der Waals surface area contributed by atoms with Crippen LogP contribution in [0.5, 0.6) is 0 Å². The molecule has 1 amide bonds. The average Bonchev–Trinajstić information content (AvgIpc) is 2.29. The molecule has 1 aliphatic carbocycles. The maximum absolute atomic E-state index is 11.7. The largest absolute Gasteiger partial charge is 0.344 e. The van der Waals surface area contributed by atoms with Crippen LogP contribution < -0.4 is 10.6 Å². The summed E-state index contributed by atoms with van der Waals surface area (Å²) in [4.78, 5) is 11.7. The Kier molecular flexibility index (Phi) is 6.73. The lowest BCUT2D eigenvalue weighted by Crippen LogP contribution is -2.46. The predicted octanol–water partition coefficient (Wildman–Crippen LogP) is 1.83. The zero-order valence-corrected chi connectivity index (χ0v) is 10.8. The molecule has 0 heterocycles. The standard InChI is InChI=1S/C14H24N2O/c1-3-11-15-14(17)12(2)16-13-9-7-5-4-6-8-10-13/h1,12-13,16H,4-11H2,2H3,(H,15,17). The minimum atomic E-state index is -0.146. The quantitative estimate of drug-likeness (QED) is 0.731. The third kappa shape index (κ3) is 5.74. The van der Waals surface area contributed by atoms with Gasteiger partial charge in [0, 0.05) is 6.04 Å². The Labute approximate surface area is 105 Å². The minimum absolute atomic E-state index is 0.00464. The Hall–Kier alpha value is -1.01. The molecule has 17 heavy (non-hydrogen) atoms. The fourth-order valence-electron chi connectivity index (χ4n) is 2.34. The lowest BCUT2D eigenvalue weighted by atomic mass is 9.96. The summed E-state index contributed by atoms with van der Waals surface area (Å²) in [6, 6.07) is 0.342. The van der Waals surface area contributed by atoms with Crippen molar-refractivity contribution < 1.29 is 4.79 Å². The first kappa shape index (κ1) is 14.1. The molecule has 1 rings (SSSR count). The maximum Gasteiger partial charge on any atom is 0.237 e. The molecule has 3 nitrogen and oxygen atoms in total. The molecular weight excluding hydrogens is 212 g/mol. The average molecular weight is 236 g/mol. The summed E-state index contributed by atoms with van der Waals surface area (Å²) in [7, 11) is 0. The number of nitrogens with one attached hydrogen (secondary N) is 2.